The normalized spacial score (nSPS) is 11.0. The summed E-state index contributed by atoms with van der Waals surface area (Å²) in [5.74, 6) is 0.813. The molecular weight excluding hydrogens is 218 g/mol. The summed E-state index contributed by atoms with van der Waals surface area (Å²) in [5.41, 5.74) is 5.99. The van der Waals surface area contributed by atoms with Crippen LogP contribution in [0.3, 0.4) is 0 Å². The van der Waals surface area contributed by atoms with Crippen LogP contribution in [0.4, 0.5) is 4.79 Å². The Morgan fingerprint density at radius 3 is 2.47 bits per heavy atom. The highest BCUT2D eigenvalue weighted by molar-refractivity contribution is 5.64. The molecule has 0 saturated carbocycles. The lowest BCUT2D eigenvalue weighted by atomic mass is 9.86. The Hall–Kier alpha value is -1.71. The summed E-state index contributed by atoms with van der Waals surface area (Å²) in [6.07, 6.45) is -0.780. The molecule has 0 fully saturated rings. The maximum absolute atomic E-state index is 10.4. The Morgan fingerprint density at radius 1 is 1.24 bits per heavy atom. The Labute approximate surface area is 102 Å². The number of para-hydroxylation sites is 1. The molecule has 1 aromatic rings. The quantitative estimate of drug-likeness (QED) is 0.818. The van der Waals surface area contributed by atoms with Crippen molar-refractivity contribution in [3.05, 3.63) is 29.8 Å². The largest absolute Gasteiger partial charge is 0.490 e. The number of amides is 1. The molecule has 94 valence electrons. The fourth-order valence-electron chi connectivity index (χ4n) is 1.51. The van der Waals surface area contributed by atoms with Crippen LogP contribution in [-0.2, 0) is 10.2 Å². The van der Waals surface area contributed by atoms with Gasteiger partial charge in [-0.3, -0.25) is 0 Å². The zero-order chi connectivity index (χ0) is 12.9. The van der Waals surface area contributed by atoms with Crippen molar-refractivity contribution in [3.8, 4) is 5.75 Å². The molecule has 0 aliphatic rings. The van der Waals surface area contributed by atoms with Crippen molar-refractivity contribution < 1.29 is 14.3 Å². The van der Waals surface area contributed by atoms with Gasteiger partial charge in [-0.05, 0) is 17.0 Å². The number of carbonyl (C=O) groups excluding carboxylic acids is 1. The number of benzene rings is 1. The van der Waals surface area contributed by atoms with Crippen LogP contribution in [0, 0.1) is 0 Å². The predicted molar refractivity (Wildman–Crippen MR) is 66.2 cm³/mol. The molecule has 0 heterocycles. The number of primary amides is 1. The second-order valence-corrected chi connectivity index (χ2v) is 4.76. The van der Waals surface area contributed by atoms with Gasteiger partial charge < -0.3 is 15.2 Å². The fraction of sp³-hybridized carbons (Fsp3) is 0.462. The molecule has 0 aliphatic heterocycles. The van der Waals surface area contributed by atoms with Crippen LogP contribution in [-0.4, -0.2) is 19.3 Å². The maximum atomic E-state index is 10.4. The molecule has 1 amide bonds. The summed E-state index contributed by atoms with van der Waals surface area (Å²) in [6.45, 7) is 6.82. The minimum absolute atomic E-state index is 0.0150. The molecule has 0 bridgehead atoms. The van der Waals surface area contributed by atoms with E-state index in [0.717, 1.165) is 11.3 Å². The number of rotatable bonds is 4. The Kier molecular flexibility index (Phi) is 4.37. The van der Waals surface area contributed by atoms with Gasteiger partial charge in [-0.2, -0.15) is 0 Å². The summed E-state index contributed by atoms with van der Waals surface area (Å²) in [4.78, 5) is 10.4. The van der Waals surface area contributed by atoms with Gasteiger partial charge in [0.25, 0.3) is 0 Å². The lowest BCUT2D eigenvalue weighted by Gasteiger charge is -2.22. The van der Waals surface area contributed by atoms with E-state index in [1.54, 1.807) is 0 Å². The van der Waals surface area contributed by atoms with Crippen LogP contribution in [0.15, 0.2) is 24.3 Å². The first-order valence-electron chi connectivity index (χ1n) is 5.56. The summed E-state index contributed by atoms with van der Waals surface area (Å²) in [7, 11) is 0. The van der Waals surface area contributed by atoms with Gasteiger partial charge in [-0.15, -0.1) is 0 Å². The second kappa shape index (κ2) is 5.57. The van der Waals surface area contributed by atoms with E-state index in [4.69, 9.17) is 10.5 Å². The Morgan fingerprint density at radius 2 is 1.88 bits per heavy atom. The summed E-state index contributed by atoms with van der Waals surface area (Å²) >= 11 is 0. The average Bonchev–Trinajstić information content (AvgIpc) is 2.23. The molecule has 0 unspecified atom stereocenters. The topological polar surface area (TPSA) is 61.6 Å². The highest BCUT2D eigenvalue weighted by atomic mass is 16.6. The molecule has 1 aromatic carbocycles. The van der Waals surface area contributed by atoms with Crippen LogP contribution >= 0.6 is 0 Å². The molecule has 1 rings (SSSR count). The first-order valence-corrected chi connectivity index (χ1v) is 5.56. The zero-order valence-corrected chi connectivity index (χ0v) is 10.5. The third-order valence-corrected chi connectivity index (χ3v) is 2.28. The van der Waals surface area contributed by atoms with Gasteiger partial charge in [0.2, 0.25) is 0 Å². The minimum atomic E-state index is -0.780. The SMILES string of the molecule is CC(C)(C)c1ccccc1OCCOC(N)=O. The van der Waals surface area contributed by atoms with Crippen molar-refractivity contribution in [2.24, 2.45) is 5.73 Å². The number of ether oxygens (including phenoxy) is 2. The van der Waals surface area contributed by atoms with Gasteiger partial charge in [-0.25, -0.2) is 4.79 Å². The highest BCUT2D eigenvalue weighted by Gasteiger charge is 2.18. The number of hydrogen-bond acceptors (Lipinski definition) is 3. The lowest BCUT2D eigenvalue weighted by molar-refractivity contribution is 0.133. The molecule has 2 N–H and O–H groups in total. The summed E-state index contributed by atoms with van der Waals surface area (Å²) in [6, 6.07) is 7.84. The molecule has 0 aromatic heterocycles. The second-order valence-electron chi connectivity index (χ2n) is 4.76. The zero-order valence-electron chi connectivity index (χ0n) is 10.5. The molecule has 0 aliphatic carbocycles. The molecule has 17 heavy (non-hydrogen) atoms. The molecule has 0 spiro atoms. The highest BCUT2D eigenvalue weighted by Crippen LogP contribution is 2.30. The van der Waals surface area contributed by atoms with Gasteiger partial charge >= 0.3 is 6.09 Å². The number of carbonyl (C=O) groups is 1. The summed E-state index contributed by atoms with van der Waals surface area (Å²) < 4.78 is 10.2. The first-order chi connectivity index (χ1) is 7.91. The lowest BCUT2D eigenvalue weighted by Crippen LogP contribution is -2.19. The first kappa shape index (κ1) is 13.4. The fourth-order valence-corrected chi connectivity index (χ4v) is 1.51. The van der Waals surface area contributed by atoms with Crippen LogP contribution < -0.4 is 10.5 Å². The van der Waals surface area contributed by atoms with Crippen molar-refractivity contribution in [3.63, 3.8) is 0 Å². The van der Waals surface area contributed by atoms with Crippen molar-refractivity contribution in [2.75, 3.05) is 13.2 Å². The monoisotopic (exact) mass is 237 g/mol. The molecule has 0 radical (unpaired) electrons. The van der Waals surface area contributed by atoms with Gasteiger partial charge in [0.05, 0.1) is 0 Å². The van der Waals surface area contributed by atoms with Gasteiger partial charge in [-0.1, -0.05) is 39.0 Å². The molecule has 4 heteroatoms. The van der Waals surface area contributed by atoms with E-state index < -0.39 is 6.09 Å². The molecule has 0 atom stereocenters. The van der Waals surface area contributed by atoms with Crippen LogP contribution in [0.5, 0.6) is 5.75 Å². The van der Waals surface area contributed by atoms with E-state index in [1.165, 1.54) is 0 Å². The van der Waals surface area contributed by atoms with Crippen molar-refractivity contribution >= 4 is 6.09 Å². The van der Waals surface area contributed by atoms with Crippen molar-refractivity contribution in [1.29, 1.82) is 0 Å². The van der Waals surface area contributed by atoms with Crippen molar-refractivity contribution in [1.82, 2.24) is 0 Å². The van der Waals surface area contributed by atoms with Gasteiger partial charge in [0.15, 0.2) is 0 Å². The van der Waals surface area contributed by atoms with Crippen LogP contribution in [0.25, 0.3) is 0 Å². The minimum Gasteiger partial charge on any atom is -0.490 e. The van der Waals surface area contributed by atoms with E-state index in [9.17, 15) is 4.79 Å². The predicted octanol–water partition coefficient (Wildman–Crippen LogP) is 2.46. The summed E-state index contributed by atoms with van der Waals surface area (Å²) in [5, 5.41) is 0. The van der Waals surface area contributed by atoms with Gasteiger partial charge in [0, 0.05) is 0 Å². The van der Waals surface area contributed by atoms with E-state index in [1.807, 2.05) is 24.3 Å². The Bertz CT molecular complexity index is 382. The van der Waals surface area contributed by atoms with E-state index in [-0.39, 0.29) is 12.0 Å². The van der Waals surface area contributed by atoms with Gasteiger partial charge in [0.1, 0.15) is 19.0 Å². The smallest absolute Gasteiger partial charge is 0.404 e. The van der Waals surface area contributed by atoms with Crippen molar-refractivity contribution in [2.45, 2.75) is 26.2 Å². The maximum Gasteiger partial charge on any atom is 0.404 e. The third kappa shape index (κ3) is 4.34. The van der Waals surface area contributed by atoms with E-state index in [2.05, 4.69) is 25.5 Å². The standard InChI is InChI=1S/C13H19NO3/c1-13(2,3)10-6-4-5-7-11(10)16-8-9-17-12(14)15/h4-7H,8-9H2,1-3H3,(H2,14,15). The molecular formula is C13H19NO3. The molecule has 0 saturated heterocycles. The number of hydrogen-bond donors (Lipinski definition) is 1. The van der Waals surface area contributed by atoms with Crippen LogP contribution in [0.1, 0.15) is 26.3 Å². The van der Waals surface area contributed by atoms with Crippen LogP contribution in [0.2, 0.25) is 0 Å². The van der Waals surface area contributed by atoms with E-state index in [0.29, 0.717) is 6.61 Å². The van der Waals surface area contributed by atoms with E-state index >= 15 is 0 Å². The molecule has 4 nitrogen and oxygen atoms in total. The third-order valence-electron chi connectivity index (χ3n) is 2.28. The average molecular weight is 237 g/mol. The number of nitrogens with two attached hydrogens (primary N) is 1. The Balaban J connectivity index is 2.62.